The van der Waals surface area contributed by atoms with Crippen molar-refractivity contribution in [2.45, 2.75) is 31.6 Å². The third-order valence-corrected chi connectivity index (χ3v) is 3.88. The SMILES string of the molecule is Nc1nc(-c2ccc(Cl)cc2)c(C2CCCC2)[nH]1. The van der Waals surface area contributed by atoms with Crippen molar-refractivity contribution >= 4 is 17.5 Å². The fourth-order valence-electron chi connectivity index (χ4n) is 2.74. The van der Waals surface area contributed by atoms with E-state index >= 15 is 0 Å². The van der Waals surface area contributed by atoms with Gasteiger partial charge in [0.25, 0.3) is 0 Å². The molecule has 18 heavy (non-hydrogen) atoms. The highest BCUT2D eigenvalue weighted by molar-refractivity contribution is 6.30. The maximum absolute atomic E-state index is 5.92. The molecule has 0 spiro atoms. The molecule has 0 bridgehead atoms. The third-order valence-electron chi connectivity index (χ3n) is 3.63. The van der Waals surface area contributed by atoms with Crippen molar-refractivity contribution in [3.63, 3.8) is 0 Å². The molecule has 1 saturated carbocycles. The molecule has 1 fully saturated rings. The van der Waals surface area contributed by atoms with Crippen molar-refractivity contribution in [1.82, 2.24) is 9.97 Å². The monoisotopic (exact) mass is 261 g/mol. The quantitative estimate of drug-likeness (QED) is 0.859. The fourth-order valence-corrected chi connectivity index (χ4v) is 2.87. The van der Waals surface area contributed by atoms with Crippen molar-refractivity contribution in [2.24, 2.45) is 0 Å². The van der Waals surface area contributed by atoms with E-state index in [0.717, 1.165) is 16.3 Å². The molecule has 0 saturated heterocycles. The maximum atomic E-state index is 5.92. The molecule has 1 heterocycles. The fraction of sp³-hybridized carbons (Fsp3) is 0.357. The van der Waals surface area contributed by atoms with Crippen LogP contribution in [0.25, 0.3) is 11.3 Å². The Hall–Kier alpha value is -1.48. The highest BCUT2D eigenvalue weighted by atomic mass is 35.5. The van der Waals surface area contributed by atoms with Gasteiger partial charge in [0, 0.05) is 22.2 Å². The van der Waals surface area contributed by atoms with Gasteiger partial charge in [0.05, 0.1) is 5.69 Å². The molecule has 1 aliphatic carbocycles. The number of halogens is 1. The van der Waals surface area contributed by atoms with Crippen LogP contribution in [-0.2, 0) is 0 Å². The lowest BCUT2D eigenvalue weighted by Gasteiger charge is -2.09. The molecule has 0 radical (unpaired) electrons. The zero-order chi connectivity index (χ0) is 12.5. The van der Waals surface area contributed by atoms with Crippen LogP contribution in [0.3, 0.4) is 0 Å². The normalized spacial score (nSPS) is 16.3. The molecule has 0 amide bonds. The van der Waals surface area contributed by atoms with Crippen molar-refractivity contribution in [3.05, 3.63) is 35.0 Å². The minimum absolute atomic E-state index is 0.502. The first-order chi connectivity index (χ1) is 8.74. The van der Waals surface area contributed by atoms with Gasteiger partial charge in [-0.05, 0) is 25.0 Å². The van der Waals surface area contributed by atoms with Gasteiger partial charge in [-0.3, -0.25) is 0 Å². The molecular weight excluding hydrogens is 246 g/mol. The van der Waals surface area contributed by atoms with Gasteiger partial charge in [-0.15, -0.1) is 0 Å². The molecule has 2 aromatic rings. The highest BCUT2D eigenvalue weighted by Crippen LogP contribution is 2.38. The highest BCUT2D eigenvalue weighted by Gasteiger charge is 2.23. The number of nitrogen functional groups attached to an aromatic ring is 1. The molecule has 0 unspecified atom stereocenters. The van der Waals surface area contributed by atoms with Crippen molar-refractivity contribution in [2.75, 3.05) is 5.73 Å². The molecule has 94 valence electrons. The van der Waals surface area contributed by atoms with E-state index in [-0.39, 0.29) is 0 Å². The van der Waals surface area contributed by atoms with Gasteiger partial charge in [-0.2, -0.15) is 0 Å². The van der Waals surface area contributed by atoms with Crippen LogP contribution in [-0.4, -0.2) is 9.97 Å². The standard InChI is InChI=1S/C14H16ClN3/c15-11-7-5-10(6-8-11)13-12(17-14(16)18-13)9-3-1-2-4-9/h5-9H,1-4H2,(H3,16,17,18). The summed E-state index contributed by atoms with van der Waals surface area (Å²) in [6.45, 7) is 0. The average molecular weight is 262 g/mol. The van der Waals surface area contributed by atoms with Crippen molar-refractivity contribution in [3.8, 4) is 11.3 Å². The van der Waals surface area contributed by atoms with Crippen LogP contribution in [0.5, 0.6) is 0 Å². The van der Waals surface area contributed by atoms with E-state index in [4.69, 9.17) is 17.3 Å². The Labute approximate surface area is 111 Å². The summed E-state index contributed by atoms with van der Waals surface area (Å²) >= 11 is 5.92. The summed E-state index contributed by atoms with van der Waals surface area (Å²) in [6, 6.07) is 7.77. The van der Waals surface area contributed by atoms with E-state index in [9.17, 15) is 0 Å². The van der Waals surface area contributed by atoms with Crippen molar-refractivity contribution < 1.29 is 0 Å². The Morgan fingerprint density at radius 2 is 1.83 bits per heavy atom. The van der Waals surface area contributed by atoms with Crippen LogP contribution in [0.4, 0.5) is 5.95 Å². The summed E-state index contributed by atoms with van der Waals surface area (Å²) in [5.41, 5.74) is 9.07. The number of hydrogen-bond acceptors (Lipinski definition) is 2. The minimum Gasteiger partial charge on any atom is -0.369 e. The van der Waals surface area contributed by atoms with E-state index in [0.29, 0.717) is 11.9 Å². The van der Waals surface area contributed by atoms with E-state index in [1.807, 2.05) is 24.3 Å². The number of aromatic amines is 1. The molecule has 4 heteroatoms. The smallest absolute Gasteiger partial charge is 0.198 e. The Kier molecular flexibility index (Phi) is 3.00. The molecule has 1 aliphatic rings. The van der Waals surface area contributed by atoms with Crippen molar-refractivity contribution in [1.29, 1.82) is 0 Å². The largest absolute Gasteiger partial charge is 0.369 e. The van der Waals surface area contributed by atoms with E-state index < -0.39 is 0 Å². The lowest BCUT2D eigenvalue weighted by molar-refractivity contribution is 0.705. The Morgan fingerprint density at radius 3 is 2.50 bits per heavy atom. The van der Waals surface area contributed by atoms with Crippen LogP contribution >= 0.6 is 11.6 Å². The molecule has 0 aliphatic heterocycles. The molecule has 3 nitrogen and oxygen atoms in total. The van der Waals surface area contributed by atoms with Gasteiger partial charge in [0.15, 0.2) is 5.95 Å². The van der Waals surface area contributed by atoms with Crippen LogP contribution in [0.2, 0.25) is 5.02 Å². The van der Waals surface area contributed by atoms with Gasteiger partial charge in [0.2, 0.25) is 0 Å². The molecule has 0 atom stereocenters. The first-order valence-corrected chi connectivity index (χ1v) is 6.73. The number of H-pyrrole nitrogens is 1. The Bertz CT molecular complexity index is 539. The van der Waals surface area contributed by atoms with E-state index in [1.165, 1.54) is 31.4 Å². The zero-order valence-corrected chi connectivity index (χ0v) is 10.9. The summed E-state index contributed by atoms with van der Waals surface area (Å²) in [5, 5.41) is 0.740. The molecule has 3 rings (SSSR count). The van der Waals surface area contributed by atoms with E-state index in [1.54, 1.807) is 0 Å². The molecular formula is C14H16ClN3. The number of rotatable bonds is 2. The second kappa shape index (κ2) is 4.65. The van der Waals surface area contributed by atoms with Gasteiger partial charge >= 0.3 is 0 Å². The summed E-state index contributed by atoms with van der Waals surface area (Å²) < 4.78 is 0. The summed E-state index contributed by atoms with van der Waals surface area (Å²) in [6.07, 6.45) is 5.04. The van der Waals surface area contributed by atoms with Crippen LogP contribution in [0, 0.1) is 0 Å². The predicted octanol–water partition coefficient (Wildman–Crippen LogP) is 3.97. The topological polar surface area (TPSA) is 54.7 Å². The number of nitrogens with one attached hydrogen (secondary N) is 1. The van der Waals surface area contributed by atoms with Gasteiger partial charge in [-0.25, -0.2) is 4.98 Å². The van der Waals surface area contributed by atoms with Gasteiger partial charge < -0.3 is 10.7 Å². The minimum atomic E-state index is 0.502. The van der Waals surface area contributed by atoms with Crippen LogP contribution in [0.15, 0.2) is 24.3 Å². The number of benzene rings is 1. The number of nitrogens with two attached hydrogens (primary N) is 1. The van der Waals surface area contributed by atoms with Gasteiger partial charge in [0.1, 0.15) is 0 Å². The van der Waals surface area contributed by atoms with Crippen LogP contribution < -0.4 is 5.73 Å². The number of hydrogen-bond donors (Lipinski definition) is 2. The average Bonchev–Trinajstić information content (AvgIpc) is 2.98. The Morgan fingerprint density at radius 1 is 1.17 bits per heavy atom. The summed E-state index contributed by atoms with van der Waals surface area (Å²) in [4.78, 5) is 7.67. The van der Waals surface area contributed by atoms with E-state index in [2.05, 4.69) is 9.97 Å². The van der Waals surface area contributed by atoms with Gasteiger partial charge in [-0.1, -0.05) is 36.6 Å². The predicted molar refractivity (Wildman–Crippen MR) is 74.7 cm³/mol. The number of aromatic nitrogens is 2. The number of nitrogens with zero attached hydrogens (tertiary/aromatic N) is 1. The first kappa shape index (κ1) is 11.6. The number of imidazole rings is 1. The third kappa shape index (κ3) is 2.10. The van der Waals surface area contributed by atoms with Crippen LogP contribution in [0.1, 0.15) is 37.3 Å². The maximum Gasteiger partial charge on any atom is 0.198 e. The summed E-state index contributed by atoms with van der Waals surface area (Å²) in [7, 11) is 0. The lowest BCUT2D eigenvalue weighted by Crippen LogP contribution is -1.95. The zero-order valence-electron chi connectivity index (χ0n) is 10.1. The second-order valence-corrected chi connectivity index (χ2v) is 5.31. The molecule has 1 aromatic heterocycles. The lowest BCUT2D eigenvalue weighted by atomic mass is 9.99. The molecule has 3 N–H and O–H groups in total. The molecule has 1 aromatic carbocycles. The second-order valence-electron chi connectivity index (χ2n) is 4.87. The first-order valence-electron chi connectivity index (χ1n) is 6.35. The Balaban J connectivity index is 2.02. The number of anilines is 1. The summed E-state index contributed by atoms with van der Waals surface area (Å²) in [5.74, 6) is 1.07.